The highest BCUT2D eigenvalue weighted by atomic mass is 16.5. The number of hydrogen-bond donors (Lipinski definition) is 3. The van der Waals surface area contributed by atoms with Gasteiger partial charge in [0.25, 0.3) is 17.7 Å². The number of amides is 5. The maximum absolute atomic E-state index is 11.9. The SMILES string of the molecule is O=C(COc1ccc(C=C2C(=O)NC(=O)NC2=O)cc1)NCCc1ccccc1. The second-order valence-electron chi connectivity index (χ2n) is 6.24. The van der Waals surface area contributed by atoms with E-state index in [9.17, 15) is 19.2 Å². The van der Waals surface area contributed by atoms with Gasteiger partial charge in [-0.05, 0) is 35.8 Å². The molecule has 0 bridgehead atoms. The van der Waals surface area contributed by atoms with Crippen molar-refractivity contribution >= 4 is 29.8 Å². The van der Waals surface area contributed by atoms with Gasteiger partial charge < -0.3 is 10.1 Å². The molecule has 148 valence electrons. The van der Waals surface area contributed by atoms with Gasteiger partial charge in [-0.25, -0.2) is 4.79 Å². The summed E-state index contributed by atoms with van der Waals surface area (Å²) < 4.78 is 5.44. The minimum Gasteiger partial charge on any atom is -0.484 e. The van der Waals surface area contributed by atoms with Crippen LogP contribution >= 0.6 is 0 Å². The first-order valence-electron chi connectivity index (χ1n) is 8.93. The number of barbiturate groups is 1. The van der Waals surface area contributed by atoms with Crippen LogP contribution in [0.1, 0.15) is 11.1 Å². The molecule has 29 heavy (non-hydrogen) atoms. The Labute approximate surface area is 166 Å². The molecule has 5 amide bonds. The Hall–Kier alpha value is -3.94. The Balaban J connectivity index is 1.47. The smallest absolute Gasteiger partial charge is 0.328 e. The molecule has 1 heterocycles. The molecule has 2 aromatic rings. The molecular weight excluding hydrogens is 374 g/mol. The van der Waals surface area contributed by atoms with Crippen LogP contribution in [-0.4, -0.2) is 36.9 Å². The monoisotopic (exact) mass is 393 g/mol. The molecule has 8 heteroatoms. The number of rotatable bonds is 7. The zero-order valence-corrected chi connectivity index (χ0v) is 15.4. The first-order valence-corrected chi connectivity index (χ1v) is 8.93. The number of hydrogen-bond acceptors (Lipinski definition) is 5. The summed E-state index contributed by atoms with van der Waals surface area (Å²) in [6.07, 6.45) is 2.10. The number of benzene rings is 2. The van der Waals surface area contributed by atoms with Crippen molar-refractivity contribution in [2.24, 2.45) is 0 Å². The number of carbonyl (C=O) groups is 4. The molecule has 0 saturated carbocycles. The molecule has 0 aromatic heterocycles. The fourth-order valence-electron chi connectivity index (χ4n) is 2.62. The van der Waals surface area contributed by atoms with E-state index >= 15 is 0 Å². The van der Waals surface area contributed by atoms with E-state index in [1.54, 1.807) is 24.3 Å². The molecule has 3 N–H and O–H groups in total. The maximum Gasteiger partial charge on any atom is 0.328 e. The summed E-state index contributed by atoms with van der Waals surface area (Å²) in [5, 5.41) is 6.80. The molecule has 3 rings (SSSR count). The van der Waals surface area contributed by atoms with Gasteiger partial charge in [-0.1, -0.05) is 42.5 Å². The second kappa shape index (κ2) is 9.32. The standard InChI is InChI=1S/C21H19N3O5/c25-18(22-11-10-14-4-2-1-3-5-14)13-29-16-8-6-15(7-9-16)12-17-19(26)23-21(28)24-20(17)27/h1-9,12H,10-11,13H2,(H,22,25)(H2,23,24,26,27,28). The highest BCUT2D eigenvalue weighted by Gasteiger charge is 2.27. The Bertz CT molecular complexity index is 930. The third-order valence-corrected chi connectivity index (χ3v) is 4.08. The first-order chi connectivity index (χ1) is 14.0. The van der Waals surface area contributed by atoms with Gasteiger partial charge in [0.1, 0.15) is 11.3 Å². The van der Waals surface area contributed by atoms with Crippen molar-refractivity contribution in [2.45, 2.75) is 6.42 Å². The quantitative estimate of drug-likeness (QED) is 0.483. The van der Waals surface area contributed by atoms with Crippen molar-refractivity contribution in [1.29, 1.82) is 0 Å². The zero-order chi connectivity index (χ0) is 20.6. The lowest BCUT2D eigenvalue weighted by molar-refractivity contribution is -0.124. The summed E-state index contributed by atoms with van der Waals surface area (Å²) in [5.41, 5.74) is 1.54. The normalized spacial score (nSPS) is 13.4. The fraction of sp³-hybridized carbons (Fsp3) is 0.143. The van der Waals surface area contributed by atoms with Gasteiger partial charge in [0.05, 0.1) is 0 Å². The molecular formula is C21H19N3O5. The summed E-state index contributed by atoms with van der Waals surface area (Å²) in [6.45, 7) is 0.396. The third kappa shape index (κ3) is 5.77. The Kier molecular flexibility index (Phi) is 6.36. The van der Waals surface area contributed by atoms with Crippen LogP contribution in [0.4, 0.5) is 4.79 Å². The average molecular weight is 393 g/mol. The Morgan fingerprint density at radius 1 is 0.931 bits per heavy atom. The highest BCUT2D eigenvalue weighted by molar-refractivity contribution is 6.31. The van der Waals surface area contributed by atoms with E-state index in [0.29, 0.717) is 17.9 Å². The van der Waals surface area contributed by atoms with E-state index < -0.39 is 17.8 Å². The molecule has 0 radical (unpaired) electrons. The molecule has 1 aliphatic rings. The number of nitrogens with one attached hydrogen (secondary N) is 3. The fourth-order valence-corrected chi connectivity index (χ4v) is 2.62. The van der Waals surface area contributed by atoms with E-state index in [4.69, 9.17) is 4.74 Å². The van der Waals surface area contributed by atoms with Crippen molar-refractivity contribution in [3.63, 3.8) is 0 Å². The van der Waals surface area contributed by atoms with Crippen LogP contribution in [0.3, 0.4) is 0 Å². The molecule has 2 aromatic carbocycles. The summed E-state index contributed by atoms with van der Waals surface area (Å²) in [7, 11) is 0. The maximum atomic E-state index is 11.9. The summed E-state index contributed by atoms with van der Waals surface area (Å²) >= 11 is 0. The van der Waals surface area contributed by atoms with Crippen molar-refractivity contribution in [1.82, 2.24) is 16.0 Å². The lowest BCUT2D eigenvalue weighted by Gasteiger charge is -2.13. The van der Waals surface area contributed by atoms with Gasteiger partial charge in [-0.2, -0.15) is 0 Å². The van der Waals surface area contributed by atoms with Crippen molar-refractivity contribution in [3.8, 4) is 5.75 Å². The summed E-state index contributed by atoms with van der Waals surface area (Å²) in [6, 6.07) is 15.5. The predicted molar refractivity (Wildman–Crippen MR) is 105 cm³/mol. The van der Waals surface area contributed by atoms with Crippen molar-refractivity contribution < 1.29 is 23.9 Å². The number of imide groups is 2. The summed E-state index contributed by atoms with van der Waals surface area (Å²) in [4.78, 5) is 46.3. The van der Waals surface area contributed by atoms with Crippen molar-refractivity contribution in [2.75, 3.05) is 13.2 Å². The van der Waals surface area contributed by atoms with Gasteiger partial charge in [-0.3, -0.25) is 25.0 Å². The van der Waals surface area contributed by atoms with Gasteiger partial charge in [0.15, 0.2) is 6.61 Å². The minimum absolute atomic E-state index is 0.123. The average Bonchev–Trinajstić information content (AvgIpc) is 2.71. The van der Waals surface area contributed by atoms with Crippen LogP contribution in [0.15, 0.2) is 60.2 Å². The number of carbonyl (C=O) groups excluding carboxylic acids is 4. The number of urea groups is 1. The van der Waals surface area contributed by atoms with E-state index in [2.05, 4.69) is 5.32 Å². The van der Waals surface area contributed by atoms with Gasteiger partial charge in [0.2, 0.25) is 0 Å². The Morgan fingerprint density at radius 3 is 2.24 bits per heavy atom. The van der Waals surface area contributed by atoms with Gasteiger partial charge >= 0.3 is 6.03 Å². The van der Waals surface area contributed by atoms with Crippen LogP contribution in [0.2, 0.25) is 0 Å². The van der Waals surface area contributed by atoms with E-state index in [0.717, 1.165) is 12.0 Å². The predicted octanol–water partition coefficient (Wildman–Crippen LogP) is 1.17. The largest absolute Gasteiger partial charge is 0.484 e. The molecule has 0 unspecified atom stereocenters. The molecule has 1 aliphatic heterocycles. The van der Waals surface area contributed by atoms with Crippen LogP contribution < -0.4 is 20.7 Å². The highest BCUT2D eigenvalue weighted by Crippen LogP contribution is 2.15. The molecule has 0 aliphatic carbocycles. The summed E-state index contributed by atoms with van der Waals surface area (Å²) in [5.74, 6) is -1.28. The third-order valence-electron chi connectivity index (χ3n) is 4.08. The molecule has 0 atom stereocenters. The lowest BCUT2D eigenvalue weighted by atomic mass is 10.1. The van der Waals surface area contributed by atoms with Crippen molar-refractivity contribution in [3.05, 3.63) is 71.3 Å². The molecule has 1 fully saturated rings. The van der Waals surface area contributed by atoms with Gasteiger partial charge in [0, 0.05) is 6.54 Å². The minimum atomic E-state index is -0.844. The first kappa shape index (κ1) is 19.8. The lowest BCUT2D eigenvalue weighted by Crippen LogP contribution is -2.51. The topological polar surface area (TPSA) is 114 Å². The molecule has 0 spiro atoms. The van der Waals surface area contributed by atoms with Crippen LogP contribution in [-0.2, 0) is 20.8 Å². The van der Waals surface area contributed by atoms with E-state index in [1.165, 1.54) is 6.08 Å². The van der Waals surface area contributed by atoms with Gasteiger partial charge in [-0.15, -0.1) is 0 Å². The Morgan fingerprint density at radius 2 is 1.59 bits per heavy atom. The van der Waals surface area contributed by atoms with E-state index in [1.807, 2.05) is 41.0 Å². The van der Waals surface area contributed by atoms with Crippen LogP contribution in [0, 0.1) is 0 Å². The number of ether oxygens (including phenoxy) is 1. The molecule has 1 saturated heterocycles. The second-order valence-corrected chi connectivity index (χ2v) is 6.24. The van der Waals surface area contributed by atoms with Crippen LogP contribution in [0.5, 0.6) is 5.75 Å². The molecule has 8 nitrogen and oxygen atoms in total. The van der Waals surface area contributed by atoms with E-state index in [-0.39, 0.29) is 18.1 Å². The van der Waals surface area contributed by atoms with Crippen LogP contribution in [0.25, 0.3) is 6.08 Å². The zero-order valence-electron chi connectivity index (χ0n) is 15.4.